The van der Waals surface area contributed by atoms with Crippen molar-refractivity contribution in [3.8, 4) is 6.07 Å². The van der Waals surface area contributed by atoms with E-state index >= 15 is 0 Å². The van der Waals surface area contributed by atoms with Gasteiger partial charge in [-0.05, 0) is 19.1 Å². The zero-order valence-corrected chi connectivity index (χ0v) is 14.2. The molecule has 138 valence electrons. The van der Waals surface area contributed by atoms with Gasteiger partial charge < -0.3 is 15.5 Å². The molecule has 2 aromatic heterocycles. The van der Waals surface area contributed by atoms with Crippen molar-refractivity contribution in [3.05, 3.63) is 53.1 Å². The van der Waals surface area contributed by atoms with Gasteiger partial charge in [0.05, 0.1) is 35.9 Å². The third-order valence-electron chi connectivity index (χ3n) is 3.92. The largest absolute Gasteiger partial charge is 0.346 e. The summed E-state index contributed by atoms with van der Waals surface area (Å²) in [6, 6.07) is 4.32. The second kappa shape index (κ2) is 7.33. The van der Waals surface area contributed by atoms with E-state index in [0.29, 0.717) is 17.4 Å². The van der Waals surface area contributed by atoms with E-state index < -0.39 is 29.6 Å². The molecule has 3 heterocycles. The van der Waals surface area contributed by atoms with Crippen molar-refractivity contribution in [1.82, 2.24) is 20.2 Å². The normalized spacial score (nSPS) is 14.0. The summed E-state index contributed by atoms with van der Waals surface area (Å²) >= 11 is 0. The maximum Gasteiger partial charge on any atom is 0.322 e. The van der Waals surface area contributed by atoms with Gasteiger partial charge in [-0.15, -0.1) is 0 Å². The minimum Gasteiger partial charge on any atom is -0.346 e. The molecule has 0 aliphatic carbocycles. The lowest BCUT2D eigenvalue weighted by Gasteiger charge is -2.28. The van der Waals surface area contributed by atoms with Crippen molar-refractivity contribution >= 4 is 17.6 Å². The molecule has 0 saturated heterocycles. The van der Waals surface area contributed by atoms with Crippen molar-refractivity contribution in [1.29, 1.82) is 5.26 Å². The lowest BCUT2D eigenvalue weighted by Crippen LogP contribution is -2.45. The molecule has 2 N–H and O–H groups in total. The van der Waals surface area contributed by atoms with Crippen LogP contribution in [0.2, 0.25) is 0 Å². The molecular formula is C17H14F2N6O2. The molecule has 8 nitrogen and oxygen atoms in total. The standard InChI is InChI=1S/C17H14F2N6O2/c1-9(16-12(19)4-10(18)6-21-16)22-15(26)8-25-7-14-13(24-17(25)27)3-2-11(5-20)23-14/h2-4,6,9H,7-8H2,1H3,(H,22,26)(H,24,27)/t9-/m0/s1. The Morgan fingerprint density at radius 2 is 2.26 bits per heavy atom. The summed E-state index contributed by atoms with van der Waals surface area (Å²) in [6.45, 7) is 1.23. The van der Waals surface area contributed by atoms with Gasteiger partial charge in [-0.25, -0.2) is 18.6 Å². The van der Waals surface area contributed by atoms with Crippen LogP contribution < -0.4 is 10.6 Å². The highest BCUT2D eigenvalue weighted by molar-refractivity contribution is 5.94. The van der Waals surface area contributed by atoms with Crippen LogP contribution in [0.5, 0.6) is 0 Å². The maximum atomic E-state index is 13.7. The van der Waals surface area contributed by atoms with Crippen LogP contribution in [0, 0.1) is 23.0 Å². The Labute approximate surface area is 152 Å². The highest BCUT2D eigenvalue weighted by atomic mass is 19.1. The average Bonchev–Trinajstić information content (AvgIpc) is 2.61. The first-order chi connectivity index (χ1) is 12.9. The number of rotatable bonds is 4. The molecule has 0 spiro atoms. The molecule has 27 heavy (non-hydrogen) atoms. The monoisotopic (exact) mass is 372 g/mol. The molecule has 3 rings (SSSR count). The summed E-state index contributed by atoms with van der Waals surface area (Å²) in [6.07, 6.45) is 0.856. The van der Waals surface area contributed by atoms with Crippen LogP contribution in [0.25, 0.3) is 0 Å². The summed E-state index contributed by atoms with van der Waals surface area (Å²) in [7, 11) is 0. The number of nitrogens with zero attached hydrogens (tertiary/aromatic N) is 4. The van der Waals surface area contributed by atoms with Crippen LogP contribution in [0.3, 0.4) is 0 Å². The number of nitrogens with one attached hydrogen (secondary N) is 2. The first-order valence-electron chi connectivity index (χ1n) is 7.93. The van der Waals surface area contributed by atoms with Crippen LogP contribution >= 0.6 is 0 Å². The van der Waals surface area contributed by atoms with Gasteiger partial charge in [0, 0.05) is 6.07 Å². The van der Waals surface area contributed by atoms with Crippen molar-refractivity contribution in [2.75, 3.05) is 11.9 Å². The number of fused-ring (bicyclic) bond motifs is 1. The Balaban J connectivity index is 1.66. The Morgan fingerprint density at radius 1 is 1.48 bits per heavy atom. The zero-order chi connectivity index (χ0) is 19.6. The number of anilines is 1. The molecule has 0 fully saturated rings. The summed E-state index contributed by atoms with van der Waals surface area (Å²) in [5.74, 6) is -2.24. The fraction of sp³-hybridized carbons (Fsp3) is 0.235. The van der Waals surface area contributed by atoms with E-state index in [1.54, 1.807) is 6.07 Å². The predicted molar refractivity (Wildman–Crippen MR) is 89.1 cm³/mol. The summed E-state index contributed by atoms with van der Waals surface area (Å²) in [5, 5.41) is 14.0. The minimum absolute atomic E-state index is 0.0433. The third-order valence-corrected chi connectivity index (χ3v) is 3.92. The van der Waals surface area contributed by atoms with E-state index in [1.807, 2.05) is 6.07 Å². The van der Waals surface area contributed by atoms with Crippen LogP contribution in [-0.2, 0) is 11.3 Å². The Morgan fingerprint density at radius 3 is 2.96 bits per heavy atom. The van der Waals surface area contributed by atoms with E-state index in [-0.39, 0.29) is 24.5 Å². The molecule has 0 radical (unpaired) electrons. The van der Waals surface area contributed by atoms with E-state index in [1.165, 1.54) is 17.9 Å². The van der Waals surface area contributed by atoms with Gasteiger partial charge in [-0.3, -0.25) is 9.78 Å². The fourth-order valence-corrected chi connectivity index (χ4v) is 2.65. The molecule has 0 saturated carbocycles. The highest BCUT2D eigenvalue weighted by Crippen LogP contribution is 2.22. The third kappa shape index (κ3) is 3.98. The van der Waals surface area contributed by atoms with E-state index in [4.69, 9.17) is 5.26 Å². The zero-order valence-electron chi connectivity index (χ0n) is 14.2. The summed E-state index contributed by atoms with van der Waals surface area (Å²) in [4.78, 5) is 33.3. The second-order valence-electron chi connectivity index (χ2n) is 5.90. The quantitative estimate of drug-likeness (QED) is 0.851. The number of halogens is 2. The molecule has 3 amide bonds. The number of amides is 3. The van der Waals surface area contributed by atoms with Crippen LogP contribution in [0.4, 0.5) is 19.3 Å². The van der Waals surface area contributed by atoms with E-state index in [9.17, 15) is 18.4 Å². The molecule has 10 heteroatoms. The number of carbonyl (C=O) groups excluding carboxylic acids is 2. The van der Waals surface area contributed by atoms with E-state index in [0.717, 1.165) is 6.20 Å². The molecule has 1 aliphatic heterocycles. The summed E-state index contributed by atoms with van der Waals surface area (Å²) in [5.41, 5.74) is 1.02. The van der Waals surface area contributed by atoms with Crippen molar-refractivity contribution in [3.63, 3.8) is 0 Å². The number of urea groups is 1. The van der Waals surface area contributed by atoms with Gasteiger partial charge in [0.2, 0.25) is 5.91 Å². The number of pyridine rings is 2. The molecular weight excluding hydrogens is 358 g/mol. The maximum absolute atomic E-state index is 13.7. The SMILES string of the molecule is C[C@H](NC(=O)CN1Cc2nc(C#N)ccc2NC1=O)c1ncc(F)cc1F. The number of hydrogen-bond donors (Lipinski definition) is 2. The fourth-order valence-electron chi connectivity index (χ4n) is 2.65. The molecule has 0 bridgehead atoms. The van der Waals surface area contributed by atoms with Crippen molar-refractivity contribution < 1.29 is 18.4 Å². The van der Waals surface area contributed by atoms with Gasteiger partial charge in [0.1, 0.15) is 29.9 Å². The van der Waals surface area contributed by atoms with Crippen LogP contribution in [-0.4, -0.2) is 33.4 Å². The molecule has 1 aliphatic rings. The second-order valence-corrected chi connectivity index (χ2v) is 5.90. The number of nitriles is 1. The Hall–Kier alpha value is -3.61. The highest BCUT2D eigenvalue weighted by Gasteiger charge is 2.26. The topological polar surface area (TPSA) is 111 Å². The first kappa shape index (κ1) is 18.2. The van der Waals surface area contributed by atoms with Gasteiger partial charge in [-0.2, -0.15) is 5.26 Å². The van der Waals surface area contributed by atoms with E-state index in [2.05, 4.69) is 20.6 Å². The number of carbonyl (C=O) groups is 2. The Bertz CT molecular complexity index is 959. The molecule has 0 aromatic carbocycles. The van der Waals surface area contributed by atoms with Crippen molar-refractivity contribution in [2.45, 2.75) is 19.5 Å². The summed E-state index contributed by atoms with van der Waals surface area (Å²) < 4.78 is 26.7. The van der Waals surface area contributed by atoms with Crippen LogP contribution in [0.1, 0.15) is 30.0 Å². The van der Waals surface area contributed by atoms with Gasteiger partial charge >= 0.3 is 6.03 Å². The molecule has 0 unspecified atom stereocenters. The smallest absolute Gasteiger partial charge is 0.322 e. The van der Waals surface area contributed by atoms with Gasteiger partial charge in [-0.1, -0.05) is 0 Å². The molecule has 1 atom stereocenters. The molecule has 2 aromatic rings. The first-order valence-corrected chi connectivity index (χ1v) is 7.93. The predicted octanol–water partition coefficient (Wildman–Crippen LogP) is 1.85. The van der Waals surface area contributed by atoms with Crippen LogP contribution in [0.15, 0.2) is 24.4 Å². The number of hydrogen-bond acceptors (Lipinski definition) is 5. The Kier molecular flexibility index (Phi) is 4.94. The number of aromatic nitrogens is 2. The van der Waals surface area contributed by atoms with Gasteiger partial charge in [0.25, 0.3) is 0 Å². The minimum atomic E-state index is -0.874. The average molecular weight is 372 g/mol. The lowest BCUT2D eigenvalue weighted by molar-refractivity contribution is -0.122. The van der Waals surface area contributed by atoms with Gasteiger partial charge in [0.15, 0.2) is 0 Å². The van der Waals surface area contributed by atoms with Crippen molar-refractivity contribution in [2.24, 2.45) is 0 Å². The lowest BCUT2D eigenvalue weighted by atomic mass is 10.2.